The standard InChI is InChI=1S/C21H29N3O4/c1-4-17-19(20(25)28-5-2)18(23-21(26)22-17)13-24(15-8-9-15)12-14-6-10-16(27-3)11-7-14/h6-7,10-11,15,17H,4-5,8-9,12-13H2,1-3H3,(H2,22,23,26). The van der Waals surface area contributed by atoms with E-state index in [0.29, 0.717) is 36.9 Å². The number of esters is 1. The Morgan fingerprint density at radius 3 is 2.46 bits per heavy atom. The van der Waals surface area contributed by atoms with Gasteiger partial charge in [-0.15, -0.1) is 0 Å². The van der Waals surface area contributed by atoms with Crippen LogP contribution in [0.4, 0.5) is 4.79 Å². The molecule has 2 amide bonds. The maximum Gasteiger partial charge on any atom is 0.337 e. The van der Waals surface area contributed by atoms with E-state index in [4.69, 9.17) is 9.47 Å². The summed E-state index contributed by atoms with van der Waals surface area (Å²) in [5, 5.41) is 5.68. The minimum absolute atomic E-state index is 0.268. The molecular weight excluding hydrogens is 358 g/mol. The van der Waals surface area contributed by atoms with Gasteiger partial charge in [0.25, 0.3) is 0 Å². The van der Waals surface area contributed by atoms with E-state index >= 15 is 0 Å². The average Bonchev–Trinajstić information content (AvgIpc) is 3.53. The van der Waals surface area contributed by atoms with Gasteiger partial charge in [0.05, 0.1) is 25.3 Å². The van der Waals surface area contributed by atoms with Crippen molar-refractivity contribution in [1.29, 1.82) is 0 Å². The van der Waals surface area contributed by atoms with Gasteiger partial charge in [0.15, 0.2) is 0 Å². The topological polar surface area (TPSA) is 79.9 Å². The Hall–Kier alpha value is -2.54. The summed E-state index contributed by atoms with van der Waals surface area (Å²) in [5.41, 5.74) is 2.34. The molecule has 7 nitrogen and oxygen atoms in total. The van der Waals surface area contributed by atoms with Gasteiger partial charge in [0.2, 0.25) is 0 Å². The van der Waals surface area contributed by atoms with Crippen LogP contribution < -0.4 is 15.4 Å². The molecule has 1 fully saturated rings. The van der Waals surface area contributed by atoms with Crippen molar-refractivity contribution >= 4 is 12.0 Å². The molecule has 1 atom stereocenters. The second kappa shape index (κ2) is 9.10. The van der Waals surface area contributed by atoms with Crippen molar-refractivity contribution in [1.82, 2.24) is 15.5 Å². The highest BCUT2D eigenvalue weighted by Crippen LogP contribution is 2.30. The van der Waals surface area contributed by atoms with Crippen LogP contribution in [-0.4, -0.2) is 49.2 Å². The maximum absolute atomic E-state index is 12.6. The van der Waals surface area contributed by atoms with Crippen LogP contribution in [0.3, 0.4) is 0 Å². The monoisotopic (exact) mass is 387 g/mol. The summed E-state index contributed by atoms with van der Waals surface area (Å²) in [4.78, 5) is 27.0. The lowest BCUT2D eigenvalue weighted by Gasteiger charge is -2.31. The highest BCUT2D eigenvalue weighted by atomic mass is 16.5. The number of amides is 2. The predicted octanol–water partition coefficient (Wildman–Crippen LogP) is 2.57. The smallest absolute Gasteiger partial charge is 0.337 e. The zero-order valence-corrected chi connectivity index (χ0v) is 16.8. The summed E-state index contributed by atoms with van der Waals surface area (Å²) in [5.74, 6) is 0.461. The van der Waals surface area contributed by atoms with Crippen molar-refractivity contribution in [2.24, 2.45) is 0 Å². The maximum atomic E-state index is 12.6. The molecule has 1 aliphatic carbocycles. The summed E-state index contributed by atoms with van der Waals surface area (Å²) in [6, 6.07) is 7.85. The van der Waals surface area contributed by atoms with Crippen LogP contribution in [0.5, 0.6) is 5.75 Å². The number of ether oxygens (including phenoxy) is 2. The van der Waals surface area contributed by atoms with E-state index in [1.54, 1.807) is 14.0 Å². The van der Waals surface area contributed by atoms with Crippen molar-refractivity contribution in [2.45, 2.75) is 51.7 Å². The van der Waals surface area contributed by atoms with Crippen molar-refractivity contribution in [3.63, 3.8) is 0 Å². The third-order valence-corrected chi connectivity index (χ3v) is 5.12. The molecule has 1 aliphatic heterocycles. The molecule has 0 saturated heterocycles. The van der Waals surface area contributed by atoms with Crippen molar-refractivity contribution in [2.75, 3.05) is 20.3 Å². The molecule has 0 bridgehead atoms. The van der Waals surface area contributed by atoms with Gasteiger partial charge in [-0.3, -0.25) is 4.90 Å². The summed E-state index contributed by atoms with van der Waals surface area (Å²) < 4.78 is 10.5. The lowest BCUT2D eigenvalue weighted by Crippen LogP contribution is -2.52. The molecule has 2 aliphatic rings. The minimum Gasteiger partial charge on any atom is -0.497 e. The van der Waals surface area contributed by atoms with Crippen LogP contribution in [0.1, 0.15) is 38.7 Å². The first-order valence-electron chi connectivity index (χ1n) is 9.90. The van der Waals surface area contributed by atoms with Crippen LogP contribution in [-0.2, 0) is 16.1 Å². The lowest BCUT2D eigenvalue weighted by molar-refractivity contribution is -0.139. The molecular formula is C21H29N3O4. The van der Waals surface area contributed by atoms with Gasteiger partial charge in [0, 0.05) is 24.8 Å². The number of carbonyl (C=O) groups excluding carboxylic acids is 2. The largest absolute Gasteiger partial charge is 0.497 e. The van der Waals surface area contributed by atoms with Crippen LogP contribution in [0.2, 0.25) is 0 Å². The van der Waals surface area contributed by atoms with Gasteiger partial charge in [-0.1, -0.05) is 19.1 Å². The first-order chi connectivity index (χ1) is 13.5. The highest BCUT2D eigenvalue weighted by Gasteiger charge is 2.35. The molecule has 1 heterocycles. The Kier molecular flexibility index (Phi) is 6.57. The molecule has 1 saturated carbocycles. The minimum atomic E-state index is -0.364. The molecule has 2 N–H and O–H groups in total. The predicted molar refractivity (Wildman–Crippen MR) is 106 cm³/mol. The second-order valence-electron chi connectivity index (χ2n) is 7.16. The number of methoxy groups -OCH3 is 1. The Morgan fingerprint density at radius 1 is 1.18 bits per heavy atom. The molecule has 1 aromatic carbocycles. The van der Waals surface area contributed by atoms with E-state index in [1.165, 1.54) is 5.56 Å². The van der Waals surface area contributed by atoms with E-state index in [9.17, 15) is 9.59 Å². The van der Waals surface area contributed by atoms with Gasteiger partial charge in [-0.05, 0) is 43.9 Å². The van der Waals surface area contributed by atoms with E-state index < -0.39 is 0 Å². The zero-order chi connectivity index (χ0) is 20.1. The molecule has 152 valence electrons. The number of urea groups is 1. The summed E-state index contributed by atoms with van der Waals surface area (Å²) >= 11 is 0. The molecule has 0 spiro atoms. The van der Waals surface area contributed by atoms with Crippen LogP contribution >= 0.6 is 0 Å². The van der Waals surface area contributed by atoms with Crippen LogP contribution in [0.15, 0.2) is 35.5 Å². The van der Waals surface area contributed by atoms with Crippen molar-refractivity contribution < 1.29 is 19.1 Å². The van der Waals surface area contributed by atoms with Gasteiger partial charge in [0.1, 0.15) is 5.75 Å². The third-order valence-electron chi connectivity index (χ3n) is 5.12. The fourth-order valence-electron chi connectivity index (χ4n) is 3.51. The summed E-state index contributed by atoms with van der Waals surface area (Å²) in [7, 11) is 1.65. The molecule has 0 radical (unpaired) electrons. The third kappa shape index (κ3) is 4.84. The Bertz CT molecular complexity index is 741. The van der Waals surface area contributed by atoms with Crippen LogP contribution in [0.25, 0.3) is 0 Å². The Morgan fingerprint density at radius 2 is 1.89 bits per heavy atom. The van der Waals surface area contributed by atoms with Gasteiger partial charge >= 0.3 is 12.0 Å². The van der Waals surface area contributed by atoms with E-state index in [0.717, 1.165) is 25.1 Å². The van der Waals surface area contributed by atoms with E-state index in [2.05, 4.69) is 15.5 Å². The van der Waals surface area contributed by atoms with Gasteiger partial charge in [-0.25, -0.2) is 9.59 Å². The zero-order valence-electron chi connectivity index (χ0n) is 16.8. The molecule has 0 aromatic heterocycles. The van der Waals surface area contributed by atoms with Gasteiger partial charge in [-0.2, -0.15) is 0 Å². The first-order valence-corrected chi connectivity index (χ1v) is 9.90. The number of nitrogens with zero attached hydrogens (tertiary/aromatic N) is 1. The Balaban J connectivity index is 1.83. The molecule has 1 aromatic rings. The lowest BCUT2D eigenvalue weighted by atomic mass is 9.99. The quantitative estimate of drug-likeness (QED) is 0.637. The number of rotatable bonds is 9. The van der Waals surface area contributed by atoms with Crippen molar-refractivity contribution in [3.8, 4) is 5.75 Å². The molecule has 3 rings (SSSR count). The highest BCUT2D eigenvalue weighted by molar-refractivity contribution is 5.94. The van der Waals surface area contributed by atoms with Crippen molar-refractivity contribution in [3.05, 3.63) is 41.1 Å². The Labute approximate surface area is 166 Å². The molecule has 1 unspecified atom stereocenters. The number of hydrogen-bond donors (Lipinski definition) is 2. The number of benzene rings is 1. The first kappa shape index (κ1) is 20.2. The second-order valence-corrected chi connectivity index (χ2v) is 7.16. The average molecular weight is 387 g/mol. The summed E-state index contributed by atoms with van der Waals surface area (Å²) in [6.45, 7) is 5.29. The SMILES string of the molecule is CCOC(=O)C1=C(CN(Cc2ccc(OC)cc2)C2CC2)NC(=O)NC1CC. The van der Waals surface area contributed by atoms with E-state index in [1.807, 2.05) is 31.2 Å². The summed E-state index contributed by atoms with van der Waals surface area (Å²) in [6.07, 6.45) is 2.89. The number of carbonyl (C=O) groups is 2. The molecule has 7 heteroatoms. The number of hydrogen-bond acceptors (Lipinski definition) is 5. The normalized spacial score (nSPS) is 19.3. The van der Waals surface area contributed by atoms with Gasteiger partial charge < -0.3 is 20.1 Å². The van der Waals surface area contributed by atoms with E-state index in [-0.39, 0.29) is 18.0 Å². The molecule has 28 heavy (non-hydrogen) atoms. The fourth-order valence-corrected chi connectivity index (χ4v) is 3.51. The fraction of sp³-hybridized carbons (Fsp3) is 0.524. The number of nitrogens with one attached hydrogen (secondary N) is 2. The van der Waals surface area contributed by atoms with Crippen LogP contribution in [0, 0.1) is 0 Å².